The Labute approximate surface area is 143 Å². The smallest absolute Gasteiger partial charge is 0.335 e. The molecular weight excluding hydrogens is 306 g/mol. The fourth-order valence-corrected chi connectivity index (χ4v) is 2.70. The van der Waals surface area contributed by atoms with Crippen molar-refractivity contribution in [3.8, 4) is 0 Å². The van der Waals surface area contributed by atoms with E-state index in [0.29, 0.717) is 5.82 Å². The lowest BCUT2D eigenvalue weighted by Crippen LogP contribution is -2.47. The van der Waals surface area contributed by atoms with Gasteiger partial charge in [0.15, 0.2) is 0 Å². The molecule has 0 bridgehead atoms. The monoisotopic (exact) mass is 333 g/mol. The lowest BCUT2D eigenvalue weighted by molar-refractivity contribution is -0.128. The first kappa shape index (κ1) is 18.2. The van der Waals surface area contributed by atoms with Crippen molar-refractivity contribution in [2.75, 3.05) is 18.0 Å². The number of carbonyl (C=O) groups is 2. The average Bonchev–Trinajstić information content (AvgIpc) is 2.54. The van der Waals surface area contributed by atoms with Crippen molar-refractivity contribution in [1.29, 1.82) is 0 Å². The number of carbonyl (C=O) groups excluding carboxylic acids is 1. The van der Waals surface area contributed by atoms with Gasteiger partial charge in [-0.3, -0.25) is 4.79 Å². The number of pyridine rings is 1. The van der Waals surface area contributed by atoms with Crippen LogP contribution in [0.15, 0.2) is 18.3 Å². The third-order valence-electron chi connectivity index (χ3n) is 4.85. The van der Waals surface area contributed by atoms with E-state index in [1.165, 1.54) is 12.3 Å². The number of piperidine rings is 1. The summed E-state index contributed by atoms with van der Waals surface area (Å²) in [6.45, 7) is 9.69. The zero-order valence-electron chi connectivity index (χ0n) is 14.9. The zero-order chi connectivity index (χ0) is 17.9. The van der Waals surface area contributed by atoms with Gasteiger partial charge in [0.05, 0.1) is 5.56 Å². The van der Waals surface area contributed by atoms with Crippen LogP contribution >= 0.6 is 0 Å². The number of carboxylic acids is 1. The molecule has 24 heavy (non-hydrogen) atoms. The van der Waals surface area contributed by atoms with Gasteiger partial charge in [-0.15, -0.1) is 0 Å². The normalized spacial score (nSPS) is 17.4. The fourth-order valence-electron chi connectivity index (χ4n) is 2.70. The number of rotatable bonds is 4. The largest absolute Gasteiger partial charge is 0.478 e. The maximum Gasteiger partial charge on any atom is 0.335 e. The summed E-state index contributed by atoms with van der Waals surface area (Å²) in [4.78, 5) is 29.7. The Balaban J connectivity index is 1.91. The lowest BCUT2D eigenvalue weighted by atomic mass is 9.81. The molecule has 6 nitrogen and oxygen atoms in total. The highest BCUT2D eigenvalue weighted by Gasteiger charge is 2.29. The van der Waals surface area contributed by atoms with E-state index in [-0.39, 0.29) is 28.8 Å². The van der Waals surface area contributed by atoms with E-state index in [2.05, 4.69) is 36.0 Å². The quantitative estimate of drug-likeness (QED) is 0.885. The van der Waals surface area contributed by atoms with Crippen LogP contribution in [0.4, 0.5) is 5.82 Å². The van der Waals surface area contributed by atoms with E-state index in [9.17, 15) is 9.59 Å². The Bertz CT molecular complexity index is 602. The van der Waals surface area contributed by atoms with Crippen molar-refractivity contribution in [2.45, 2.75) is 46.6 Å². The number of carboxylic acid groups (broad SMARTS) is 1. The minimum absolute atomic E-state index is 0.0376. The minimum Gasteiger partial charge on any atom is -0.478 e. The lowest BCUT2D eigenvalue weighted by Gasteiger charge is -2.35. The molecule has 1 aliphatic heterocycles. The van der Waals surface area contributed by atoms with E-state index in [4.69, 9.17) is 5.11 Å². The molecule has 0 spiro atoms. The molecule has 2 heterocycles. The molecule has 1 atom stereocenters. The second-order valence-corrected chi connectivity index (χ2v) is 7.57. The molecule has 1 aliphatic rings. The molecule has 1 saturated heterocycles. The van der Waals surface area contributed by atoms with Crippen LogP contribution in [0, 0.1) is 11.3 Å². The molecule has 6 heteroatoms. The van der Waals surface area contributed by atoms with Crippen LogP contribution in [0.1, 0.15) is 50.9 Å². The van der Waals surface area contributed by atoms with Crippen LogP contribution in [0.5, 0.6) is 0 Å². The summed E-state index contributed by atoms with van der Waals surface area (Å²) >= 11 is 0. The fraction of sp³-hybridized carbons (Fsp3) is 0.611. The maximum absolute atomic E-state index is 12.3. The molecule has 1 unspecified atom stereocenters. The average molecular weight is 333 g/mol. The summed E-state index contributed by atoms with van der Waals surface area (Å²) < 4.78 is 0. The van der Waals surface area contributed by atoms with Gasteiger partial charge in [0.2, 0.25) is 5.91 Å². The van der Waals surface area contributed by atoms with E-state index in [1.807, 2.05) is 6.92 Å². The van der Waals surface area contributed by atoms with Crippen LogP contribution in [0.3, 0.4) is 0 Å². The number of aromatic carboxylic acids is 1. The Morgan fingerprint density at radius 2 is 1.96 bits per heavy atom. The second kappa shape index (κ2) is 7.20. The number of hydrogen-bond donors (Lipinski definition) is 2. The Hall–Kier alpha value is -2.11. The predicted molar refractivity (Wildman–Crippen MR) is 93.2 cm³/mol. The summed E-state index contributed by atoms with van der Waals surface area (Å²) in [7, 11) is 0. The van der Waals surface area contributed by atoms with E-state index in [1.54, 1.807) is 6.07 Å². The molecule has 2 rings (SSSR count). The first-order valence-electron chi connectivity index (χ1n) is 8.43. The summed E-state index contributed by atoms with van der Waals surface area (Å²) in [5, 5.41) is 12.2. The molecule has 0 radical (unpaired) electrons. The topological polar surface area (TPSA) is 82.5 Å². The van der Waals surface area contributed by atoms with Crippen molar-refractivity contribution in [2.24, 2.45) is 11.3 Å². The Morgan fingerprint density at radius 1 is 1.33 bits per heavy atom. The summed E-state index contributed by atoms with van der Waals surface area (Å²) in [6, 6.07) is 3.26. The van der Waals surface area contributed by atoms with Crippen molar-refractivity contribution < 1.29 is 14.7 Å². The van der Waals surface area contributed by atoms with Gasteiger partial charge in [-0.25, -0.2) is 9.78 Å². The maximum atomic E-state index is 12.3. The van der Waals surface area contributed by atoms with Crippen LogP contribution < -0.4 is 10.2 Å². The highest BCUT2D eigenvalue weighted by molar-refractivity contribution is 5.88. The van der Waals surface area contributed by atoms with Gasteiger partial charge < -0.3 is 15.3 Å². The summed E-state index contributed by atoms with van der Waals surface area (Å²) in [5.74, 6) is -0.198. The predicted octanol–water partition coefficient (Wildman–Crippen LogP) is 2.55. The van der Waals surface area contributed by atoms with Gasteiger partial charge >= 0.3 is 5.97 Å². The molecule has 1 aromatic heterocycles. The highest BCUT2D eigenvalue weighted by atomic mass is 16.4. The van der Waals surface area contributed by atoms with Crippen LogP contribution in [-0.4, -0.2) is 41.1 Å². The third-order valence-corrected chi connectivity index (χ3v) is 4.85. The first-order chi connectivity index (χ1) is 11.2. The van der Waals surface area contributed by atoms with Gasteiger partial charge in [0, 0.05) is 31.2 Å². The van der Waals surface area contributed by atoms with Crippen molar-refractivity contribution >= 4 is 17.7 Å². The van der Waals surface area contributed by atoms with E-state index in [0.717, 1.165) is 25.9 Å². The zero-order valence-corrected chi connectivity index (χ0v) is 14.9. The minimum atomic E-state index is -0.947. The van der Waals surface area contributed by atoms with Crippen molar-refractivity contribution in [3.05, 3.63) is 23.9 Å². The van der Waals surface area contributed by atoms with Crippen LogP contribution in [-0.2, 0) is 4.79 Å². The van der Waals surface area contributed by atoms with Crippen molar-refractivity contribution in [1.82, 2.24) is 10.3 Å². The van der Waals surface area contributed by atoms with Gasteiger partial charge in [-0.1, -0.05) is 27.7 Å². The molecular formula is C18H27N3O3. The summed E-state index contributed by atoms with van der Waals surface area (Å²) in [5.41, 5.74) is 0.195. The number of amides is 1. The molecule has 132 valence electrons. The number of nitrogens with one attached hydrogen (secondary N) is 1. The molecule has 1 amide bonds. The standard InChI is InChI=1S/C18H27N3O3/c1-12(18(2,3)4)16(22)20-14-6-9-21(10-7-14)15-11-13(17(23)24)5-8-19-15/h5,8,11-12,14H,6-7,9-10H2,1-4H3,(H,20,22)(H,23,24). The molecule has 0 saturated carbocycles. The van der Waals surface area contributed by atoms with E-state index < -0.39 is 5.97 Å². The third kappa shape index (κ3) is 4.46. The number of nitrogens with zero attached hydrogens (tertiary/aromatic N) is 2. The van der Waals surface area contributed by atoms with Crippen LogP contribution in [0.25, 0.3) is 0 Å². The van der Waals surface area contributed by atoms with Crippen molar-refractivity contribution in [3.63, 3.8) is 0 Å². The molecule has 1 aromatic rings. The first-order valence-corrected chi connectivity index (χ1v) is 8.43. The highest BCUT2D eigenvalue weighted by Crippen LogP contribution is 2.26. The SMILES string of the molecule is CC(C(=O)NC1CCN(c2cc(C(=O)O)ccn2)CC1)C(C)(C)C. The van der Waals surface area contributed by atoms with Gasteiger partial charge in [-0.2, -0.15) is 0 Å². The van der Waals surface area contributed by atoms with Crippen LogP contribution in [0.2, 0.25) is 0 Å². The van der Waals surface area contributed by atoms with Gasteiger partial charge in [-0.05, 0) is 30.4 Å². The van der Waals surface area contributed by atoms with Gasteiger partial charge in [0.1, 0.15) is 5.82 Å². The molecule has 0 aromatic carbocycles. The Morgan fingerprint density at radius 3 is 2.50 bits per heavy atom. The second-order valence-electron chi connectivity index (χ2n) is 7.57. The Kier molecular flexibility index (Phi) is 5.47. The summed E-state index contributed by atoms with van der Waals surface area (Å²) in [6.07, 6.45) is 3.20. The number of anilines is 1. The number of hydrogen-bond acceptors (Lipinski definition) is 4. The molecule has 0 aliphatic carbocycles. The molecule has 1 fully saturated rings. The number of aromatic nitrogens is 1. The molecule has 2 N–H and O–H groups in total. The van der Waals surface area contributed by atoms with Gasteiger partial charge in [0.25, 0.3) is 0 Å². The van der Waals surface area contributed by atoms with E-state index >= 15 is 0 Å².